The fourth-order valence-electron chi connectivity index (χ4n) is 1.86. The number of carbonyl (C=O) groups excluding carboxylic acids is 1. The van der Waals surface area contributed by atoms with Crippen molar-refractivity contribution in [3.63, 3.8) is 0 Å². The monoisotopic (exact) mass is 302 g/mol. The number of thiophene rings is 1. The molecule has 0 fully saturated rings. The highest BCUT2D eigenvalue weighted by Crippen LogP contribution is 2.38. The van der Waals surface area contributed by atoms with Crippen molar-refractivity contribution in [3.05, 3.63) is 40.5 Å². The van der Waals surface area contributed by atoms with Crippen LogP contribution in [0.25, 0.3) is 0 Å². The second kappa shape index (κ2) is 6.24. The van der Waals surface area contributed by atoms with Gasteiger partial charge in [0.2, 0.25) is 0 Å². The van der Waals surface area contributed by atoms with E-state index in [2.05, 4.69) is 9.72 Å². The third kappa shape index (κ3) is 2.95. The molecule has 0 atom stereocenters. The molecule has 0 unspecified atom stereocenters. The van der Waals surface area contributed by atoms with Crippen LogP contribution in [0, 0.1) is 11.3 Å². The fourth-order valence-corrected chi connectivity index (χ4v) is 2.91. The lowest BCUT2D eigenvalue weighted by atomic mass is 10.2. The molecule has 0 aromatic carbocycles. The number of ether oxygens (including phenoxy) is 1. The van der Waals surface area contributed by atoms with Crippen molar-refractivity contribution in [2.45, 2.75) is 6.54 Å². The third-order valence-electron chi connectivity index (χ3n) is 2.88. The lowest BCUT2D eigenvalue weighted by molar-refractivity contribution is 0.0607. The minimum Gasteiger partial charge on any atom is -0.465 e. The first kappa shape index (κ1) is 14.8. The largest absolute Gasteiger partial charge is 0.465 e. The molecule has 0 aliphatic rings. The maximum Gasteiger partial charge on any atom is 0.350 e. The maximum atomic E-state index is 11.7. The van der Waals surface area contributed by atoms with Gasteiger partial charge in [-0.1, -0.05) is 6.07 Å². The number of aromatic nitrogens is 1. The van der Waals surface area contributed by atoms with Crippen LogP contribution < -0.4 is 10.6 Å². The van der Waals surface area contributed by atoms with Gasteiger partial charge in [0.15, 0.2) is 0 Å². The summed E-state index contributed by atoms with van der Waals surface area (Å²) in [7, 11) is 3.10. The van der Waals surface area contributed by atoms with Crippen LogP contribution in [0.2, 0.25) is 0 Å². The average molecular weight is 302 g/mol. The highest BCUT2D eigenvalue weighted by atomic mass is 32.1. The van der Waals surface area contributed by atoms with E-state index >= 15 is 0 Å². The summed E-state index contributed by atoms with van der Waals surface area (Å²) in [5.41, 5.74) is 7.18. The molecule has 0 bridgehead atoms. The van der Waals surface area contributed by atoms with Crippen molar-refractivity contribution in [2.75, 3.05) is 24.8 Å². The van der Waals surface area contributed by atoms with Crippen LogP contribution in [0.1, 0.15) is 20.9 Å². The Labute approximate surface area is 126 Å². The highest BCUT2D eigenvalue weighted by Gasteiger charge is 2.23. The number of nitrogen functional groups attached to an aromatic ring is 1. The lowest BCUT2D eigenvalue weighted by Gasteiger charge is -2.17. The Kier molecular flexibility index (Phi) is 4.40. The van der Waals surface area contributed by atoms with E-state index in [9.17, 15) is 10.1 Å². The topological polar surface area (TPSA) is 92.2 Å². The Balaban J connectivity index is 2.35. The smallest absolute Gasteiger partial charge is 0.350 e. The zero-order valence-corrected chi connectivity index (χ0v) is 12.5. The number of methoxy groups -OCH3 is 1. The molecule has 2 N–H and O–H groups in total. The number of nitrogens with zero attached hydrogens (tertiary/aromatic N) is 3. The van der Waals surface area contributed by atoms with E-state index in [-0.39, 0.29) is 10.6 Å². The first-order chi connectivity index (χ1) is 10.1. The van der Waals surface area contributed by atoms with E-state index in [0.717, 1.165) is 17.0 Å². The summed E-state index contributed by atoms with van der Waals surface area (Å²) in [5, 5.41) is 9.89. The summed E-state index contributed by atoms with van der Waals surface area (Å²) in [5.74, 6) is -0.536. The van der Waals surface area contributed by atoms with Gasteiger partial charge in [0, 0.05) is 13.2 Å². The third-order valence-corrected chi connectivity index (χ3v) is 4.18. The van der Waals surface area contributed by atoms with Crippen molar-refractivity contribution < 1.29 is 9.53 Å². The number of hydrogen-bond acceptors (Lipinski definition) is 7. The molecule has 21 heavy (non-hydrogen) atoms. The minimum atomic E-state index is -0.536. The van der Waals surface area contributed by atoms with Crippen molar-refractivity contribution >= 4 is 28.0 Å². The summed E-state index contributed by atoms with van der Waals surface area (Å²) in [6, 6.07) is 7.66. The van der Waals surface area contributed by atoms with Crippen molar-refractivity contribution in [1.29, 1.82) is 5.26 Å². The summed E-state index contributed by atoms with van der Waals surface area (Å²) < 4.78 is 4.68. The van der Waals surface area contributed by atoms with Gasteiger partial charge in [-0.05, 0) is 12.1 Å². The Morgan fingerprint density at radius 1 is 1.57 bits per heavy atom. The number of anilines is 2. The van der Waals surface area contributed by atoms with Crippen LogP contribution in [0.5, 0.6) is 0 Å². The zero-order valence-electron chi connectivity index (χ0n) is 11.7. The average Bonchev–Trinajstić information content (AvgIpc) is 2.84. The summed E-state index contributed by atoms with van der Waals surface area (Å²) in [4.78, 5) is 18.0. The van der Waals surface area contributed by atoms with Gasteiger partial charge in [-0.25, -0.2) is 4.79 Å². The molecule has 108 valence electrons. The molecule has 2 aromatic heterocycles. The first-order valence-corrected chi connectivity index (χ1v) is 6.91. The van der Waals surface area contributed by atoms with Crippen LogP contribution in [-0.4, -0.2) is 25.1 Å². The molecule has 2 heterocycles. The standard InChI is InChI=1S/C14H14N4O2S/c1-18(8-9-5-3-4-6-17-9)13-10(7-15)11(16)12(21-13)14(19)20-2/h3-6H,8,16H2,1-2H3. The number of hydrogen-bond donors (Lipinski definition) is 1. The van der Waals surface area contributed by atoms with E-state index in [1.54, 1.807) is 6.20 Å². The SMILES string of the molecule is COC(=O)c1sc(N(C)Cc2ccccn2)c(C#N)c1N. The van der Waals surface area contributed by atoms with Gasteiger partial charge in [0.1, 0.15) is 21.5 Å². The van der Waals surface area contributed by atoms with Crippen LogP contribution in [0.4, 0.5) is 10.7 Å². The molecule has 0 saturated carbocycles. The Morgan fingerprint density at radius 2 is 2.33 bits per heavy atom. The molecule has 0 saturated heterocycles. The van der Waals surface area contributed by atoms with Crippen molar-refractivity contribution in [2.24, 2.45) is 0 Å². The quantitative estimate of drug-likeness (QED) is 0.869. The van der Waals surface area contributed by atoms with Crippen LogP contribution in [0.3, 0.4) is 0 Å². The minimum absolute atomic E-state index is 0.164. The Morgan fingerprint density at radius 3 is 2.90 bits per heavy atom. The van der Waals surface area contributed by atoms with E-state index in [4.69, 9.17) is 5.73 Å². The van der Waals surface area contributed by atoms with Gasteiger partial charge in [-0.15, -0.1) is 11.3 Å². The maximum absolute atomic E-state index is 11.7. The highest BCUT2D eigenvalue weighted by molar-refractivity contribution is 7.18. The van der Waals surface area contributed by atoms with Crippen LogP contribution >= 0.6 is 11.3 Å². The van der Waals surface area contributed by atoms with E-state index in [1.807, 2.05) is 36.2 Å². The number of rotatable bonds is 4. The van der Waals surface area contributed by atoms with Crippen LogP contribution in [0.15, 0.2) is 24.4 Å². The fraction of sp³-hybridized carbons (Fsp3) is 0.214. The van der Waals surface area contributed by atoms with E-state index in [1.165, 1.54) is 7.11 Å². The van der Waals surface area contributed by atoms with Gasteiger partial charge in [0.05, 0.1) is 25.0 Å². The number of carbonyl (C=O) groups is 1. The van der Waals surface area contributed by atoms with Gasteiger partial charge < -0.3 is 15.4 Å². The summed E-state index contributed by atoms with van der Waals surface area (Å²) in [6.07, 6.45) is 1.71. The Bertz CT molecular complexity index is 691. The number of nitrogens with two attached hydrogens (primary N) is 1. The predicted octanol–water partition coefficient (Wildman–Crippen LogP) is 2.02. The van der Waals surface area contributed by atoms with E-state index < -0.39 is 5.97 Å². The van der Waals surface area contributed by atoms with Gasteiger partial charge in [-0.3, -0.25) is 4.98 Å². The first-order valence-electron chi connectivity index (χ1n) is 6.10. The van der Waals surface area contributed by atoms with Gasteiger partial charge in [-0.2, -0.15) is 5.26 Å². The second-order valence-corrected chi connectivity index (χ2v) is 5.30. The van der Waals surface area contributed by atoms with Crippen LogP contribution in [-0.2, 0) is 11.3 Å². The molecule has 0 spiro atoms. The Hall–Kier alpha value is -2.59. The van der Waals surface area contributed by atoms with Crippen molar-refractivity contribution in [3.8, 4) is 6.07 Å². The molecule has 0 radical (unpaired) electrons. The number of nitriles is 1. The lowest BCUT2D eigenvalue weighted by Crippen LogP contribution is -2.16. The number of esters is 1. The van der Waals surface area contributed by atoms with Gasteiger partial charge >= 0.3 is 5.97 Å². The molecule has 6 nitrogen and oxygen atoms in total. The van der Waals surface area contributed by atoms with Crippen molar-refractivity contribution in [1.82, 2.24) is 4.98 Å². The summed E-state index contributed by atoms with van der Waals surface area (Å²) >= 11 is 1.15. The molecule has 0 amide bonds. The molecule has 0 aliphatic heterocycles. The molecule has 2 aromatic rings. The zero-order chi connectivity index (χ0) is 15.4. The molecule has 0 aliphatic carbocycles. The molecule has 2 rings (SSSR count). The second-order valence-electron chi connectivity index (χ2n) is 4.31. The predicted molar refractivity (Wildman–Crippen MR) is 81.1 cm³/mol. The van der Waals surface area contributed by atoms with Gasteiger partial charge in [0.25, 0.3) is 0 Å². The summed E-state index contributed by atoms with van der Waals surface area (Å²) in [6.45, 7) is 0.510. The normalized spacial score (nSPS) is 9.95. The molecular formula is C14H14N4O2S. The molecular weight excluding hydrogens is 288 g/mol. The number of pyridine rings is 1. The van der Waals surface area contributed by atoms with E-state index in [0.29, 0.717) is 17.1 Å². The molecule has 7 heteroatoms.